The zero-order valence-corrected chi connectivity index (χ0v) is 14.0. The van der Waals surface area contributed by atoms with Crippen LogP contribution in [0.2, 0.25) is 5.02 Å². The van der Waals surface area contributed by atoms with Crippen molar-refractivity contribution in [1.82, 2.24) is 5.32 Å². The molecule has 0 bridgehead atoms. The molecule has 2 unspecified atom stereocenters. The van der Waals surface area contributed by atoms with Crippen LogP contribution in [0.25, 0.3) is 0 Å². The van der Waals surface area contributed by atoms with Crippen LogP contribution in [0.5, 0.6) is 0 Å². The number of hydrogen-bond donors (Lipinski definition) is 2. The molecule has 0 radical (unpaired) electrons. The highest BCUT2D eigenvalue weighted by Gasteiger charge is 2.41. The second-order valence-corrected chi connectivity index (χ2v) is 7.47. The number of hydrogen-bond acceptors (Lipinski definition) is 3. The molecule has 1 aliphatic carbocycles. The first-order chi connectivity index (χ1) is 10.1. The summed E-state index contributed by atoms with van der Waals surface area (Å²) in [6.45, 7) is 2.94. The van der Waals surface area contributed by atoms with Crippen molar-refractivity contribution in [3.8, 4) is 0 Å². The van der Waals surface area contributed by atoms with Gasteiger partial charge in [-0.25, -0.2) is 0 Å². The van der Waals surface area contributed by atoms with E-state index in [1.54, 1.807) is 0 Å². The molecule has 21 heavy (non-hydrogen) atoms. The molecule has 1 aliphatic rings. The Labute approximate surface area is 136 Å². The molecule has 5 heteroatoms. The third kappa shape index (κ3) is 4.38. The molecule has 0 spiro atoms. The summed E-state index contributed by atoms with van der Waals surface area (Å²) in [6.07, 6.45) is 4.81. The van der Waals surface area contributed by atoms with E-state index in [2.05, 4.69) is 12.2 Å². The van der Waals surface area contributed by atoms with Gasteiger partial charge in [-0.2, -0.15) is 0 Å². The lowest BCUT2D eigenvalue weighted by Gasteiger charge is -2.39. The maximum atomic E-state index is 12.0. The van der Waals surface area contributed by atoms with Crippen LogP contribution in [0.1, 0.15) is 39.0 Å². The van der Waals surface area contributed by atoms with Crippen molar-refractivity contribution < 1.29 is 4.79 Å². The summed E-state index contributed by atoms with van der Waals surface area (Å²) in [5.41, 5.74) is 5.16. The van der Waals surface area contributed by atoms with Gasteiger partial charge in [0, 0.05) is 15.2 Å². The molecule has 1 aromatic carbocycles. The zero-order valence-electron chi connectivity index (χ0n) is 12.4. The molecule has 1 amide bonds. The van der Waals surface area contributed by atoms with E-state index in [-0.39, 0.29) is 5.91 Å². The van der Waals surface area contributed by atoms with Crippen molar-refractivity contribution in [2.45, 2.75) is 54.7 Å². The summed E-state index contributed by atoms with van der Waals surface area (Å²) in [6, 6.07) is 7.88. The van der Waals surface area contributed by atoms with E-state index >= 15 is 0 Å². The number of thioether (sulfide) groups is 1. The third-order valence-corrected chi connectivity index (χ3v) is 5.54. The molecule has 2 atom stereocenters. The van der Waals surface area contributed by atoms with Gasteiger partial charge in [-0.3, -0.25) is 4.79 Å². The highest BCUT2D eigenvalue weighted by Crippen LogP contribution is 2.38. The minimum atomic E-state index is -0.529. The molecule has 1 aromatic rings. The Bertz CT molecular complexity index is 480. The molecule has 0 heterocycles. The molecule has 0 saturated heterocycles. The number of primary amides is 1. The lowest BCUT2D eigenvalue weighted by molar-refractivity contribution is -0.125. The van der Waals surface area contributed by atoms with Gasteiger partial charge >= 0.3 is 0 Å². The fourth-order valence-electron chi connectivity index (χ4n) is 2.87. The summed E-state index contributed by atoms with van der Waals surface area (Å²) in [5.74, 6) is -0.211. The van der Waals surface area contributed by atoms with Gasteiger partial charge < -0.3 is 11.1 Å². The van der Waals surface area contributed by atoms with Gasteiger partial charge in [0.05, 0.1) is 5.54 Å². The van der Waals surface area contributed by atoms with Crippen LogP contribution in [-0.4, -0.2) is 23.2 Å². The van der Waals surface area contributed by atoms with E-state index in [9.17, 15) is 4.79 Å². The van der Waals surface area contributed by atoms with Crippen LogP contribution in [0.3, 0.4) is 0 Å². The van der Waals surface area contributed by atoms with Crippen molar-refractivity contribution in [3.05, 3.63) is 29.3 Å². The number of amides is 1. The molecular weight excluding hydrogens is 304 g/mol. The van der Waals surface area contributed by atoms with Gasteiger partial charge in [-0.1, -0.05) is 18.5 Å². The Morgan fingerprint density at radius 2 is 2.19 bits per heavy atom. The maximum Gasteiger partial charge on any atom is 0.237 e. The summed E-state index contributed by atoms with van der Waals surface area (Å²) >= 11 is 7.74. The topological polar surface area (TPSA) is 55.1 Å². The van der Waals surface area contributed by atoms with Gasteiger partial charge in [-0.15, -0.1) is 11.8 Å². The zero-order chi connectivity index (χ0) is 15.3. The van der Waals surface area contributed by atoms with Crippen LogP contribution in [0, 0.1) is 0 Å². The predicted molar refractivity (Wildman–Crippen MR) is 89.8 cm³/mol. The number of nitrogens with one attached hydrogen (secondary N) is 1. The molecular formula is C16H23ClN2OS. The SMILES string of the molecule is CCCNC1(C(N)=O)CCCC(Sc2ccc(Cl)cc2)C1. The first-order valence-corrected chi connectivity index (χ1v) is 8.78. The largest absolute Gasteiger partial charge is 0.368 e. The molecule has 1 fully saturated rings. The summed E-state index contributed by atoms with van der Waals surface area (Å²) in [5, 5.41) is 4.56. The Hall–Kier alpha value is -0.710. The third-order valence-electron chi connectivity index (χ3n) is 4.01. The minimum absolute atomic E-state index is 0.211. The van der Waals surface area contributed by atoms with E-state index < -0.39 is 5.54 Å². The standard InChI is InChI=1S/C16H23ClN2OS/c1-2-10-19-16(15(18)20)9-3-4-14(11-16)21-13-7-5-12(17)6-8-13/h5-8,14,19H,2-4,9-11H2,1H3,(H2,18,20). The number of carbonyl (C=O) groups excluding carboxylic acids is 1. The maximum absolute atomic E-state index is 12.0. The van der Waals surface area contributed by atoms with Crippen molar-refractivity contribution in [1.29, 1.82) is 0 Å². The lowest BCUT2D eigenvalue weighted by Crippen LogP contribution is -2.58. The number of rotatable bonds is 6. The summed E-state index contributed by atoms with van der Waals surface area (Å²) in [4.78, 5) is 13.2. The Balaban J connectivity index is 2.04. The van der Waals surface area contributed by atoms with E-state index in [1.165, 1.54) is 4.90 Å². The normalized spacial score (nSPS) is 25.7. The Morgan fingerprint density at radius 3 is 2.81 bits per heavy atom. The number of nitrogens with two attached hydrogens (primary N) is 1. The number of carbonyl (C=O) groups is 1. The predicted octanol–water partition coefficient (Wildman–Crippen LogP) is 3.60. The van der Waals surface area contributed by atoms with E-state index in [0.717, 1.165) is 43.7 Å². The molecule has 116 valence electrons. The van der Waals surface area contributed by atoms with Gasteiger partial charge in [0.15, 0.2) is 0 Å². The summed E-state index contributed by atoms with van der Waals surface area (Å²) in [7, 11) is 0. The van der Waals surface area contributed by atoms with Crippen molar-refractivity contribution in [3.63, 3.8) is 0 Å². The molecule has 0 aliphatic heterocycles. The fourth-order valence-corrected chi connectivity index (χ4v) is 4.32. The van der Waals surface area contributed by atoms with Crippen molar-refractivity contribution in [2.24, 2.45) is 5.73 Å². The fraction of sp³-hybridized carbons (Fsp3) is 0.562. The number of halogens is 1. The first kappa shape index (κ1) is 16.7. The molecule has 1 saturated carbocycles. The highest BCUT2D eigenvalue weighted by molar-refractivity contribution is 8.00. The van der Waals surface area contributed by atoms with Crippen molar-refractivity contribution in [2.75, 3.05) is 6.54 Å². The van der Waals surface area contributed by atoms with Crippen LogP contribution < -0.4 is 11.1 Å². The van der Waals surface area contributed by atoms with Gasteiger partial charge in [0.1, 0.15) is 0 Å². The van der Waals surface area contributed by atoms with Crippen LogP contribution in [0.15, 0.2) is 29.2 Å². The van der Waals surface area contributed by atoms with Gasteiger partial charge in [0.25, 0.3) is 0 Å². The van der Waals surface area contributed by atoms with Crippen LogP contribution in [-0.2, 0) is 4.79 Å². The Kier molecular flexibility index (Phi) is 5.97. The second kappa shape index (κ2) is 7.52. The molecule has 0 aromatic heterocycles. The average molecular weight is 327 g/mol. The van der Waals surface area contributed by atoms with Gasteiger partial charge in [-0.05, 0) is 62.9 Å². The lowest BCUT2D eigenvalue weighted by atomic mass is 9.80. The van der Waals surface area contributed by atoms with E-state index in [1.807, 2.05) is 36.0 Å². The molecule has 3 N–H and O–H groups in total. The highest BCUT2D eigenvalue weighted by atomic mass is 35.5. The van der Waals surface area contributed by atoms with Crippen LogP contribution in [0.4, 0.5) is 0 Å². The monoisotopic (exact) mass is 326 g/mol. The van der Waals surface area contributed by atoms with Crippen molar-refractivity contribution >= 4 is 29.3 Å². The smallest absolute Gasteiger partial charge is 0.237 e. The molecule has 2 rings (SSSR count). The van der Waals surface area contributed by atoms with E-state index in [0.29, 0.717) is 5.25 Å². The van der Waals surface area contributed by atoms with Gasteiger partial charge in [0.2, 0.25) is 5.91 Å². The first-order valence-electron chi connectivity index (χ1n) is 7.53. The van der Waals surface area contributed by atoms with E-state index in [4.69, 9.17) is 17.3 Å². The second-order valence-electron chi connectivity index (χ2n) is 5.66. The molecule has 3 nitrogen and oxygen atoms in total. The van der Waals surface area contributed by atoms with Crippen LogP contribution >= 0.6 is 23.4 Å². The average Bonchev–Trinajstić information content (AvgIpc) is 2.48. The minimum Gasteiger partial charge on any atom is -0.368 e. The quantitative estimate of drug-likeness (QED) is 0.839. The number of benzene rings is 1. The summed E-state index contributed by atoms with van der Waals surface area (Å²) < 4.78 is 0. The Morgan fingerprint density at radius 1 is 1.48 bits per heavy atom.